The molecule has 0 aromatic rings. The summed E-state index contributed by atoms with van der Waals surface area (Å²) in [4.78, 5) is 2.35. The monoisotopic (exact) mass is 171 g/mol. The number of hydrogen-bond donors (Lipinski definition) is 0. The van der Waals surface area contributed by atoms with Gasteiger partial charge in [0.2, 0.25) is 0 Å². The van der Waals surface area contributed by atoms with Gasteiger partial charge in [-0.3, -0.25) is 4.90 Å². The summed E-state index contributed by atoms with van der Waals surface area (Å²) in [6, 6.07) is 0. The molecule has 0 radical (unpaired) electrons. The molecule has 0 bridgehead atoms. The lowest BCUT2D eigenvalue weighted by atomic mass is 9.94. The van der Waals surface area contributed by atoms with Crippen LogP contribution in [0.25, 0.3) is 0 Å². The second-order valence-electron chi connectivity index (χ2n) is 3.81. The molecule has 1 heterocycles. The molecule has 1 atom stereocenters. The van der Waals surface area contributed by atoms with Crippen LogP contribution in [0.5, 0.6) is 0 Å². The Morgan fingerprint density at radius 1 is 1.58 bits per heavy atom. The molecule has 0 aromatic carbocycles. The zero-order valence-electron chi connectivity index (χ0n) is 8.23. The molecule has 70 valence electrons. The van der Waals surface area contributed by atoms with E-state index in [9.17, 15) is 4.39 Å². The van der Waals surface area contributed by atoms with Crippen molar-refractivity contribution in [1.29, 1.82) is 0 Å². The van der Waals surface area contributed by atoms with Gasteiger partial charge >= 0.3 is 0 Å². The molecule has 0 spiro atoms. The lowest BCUT2D eigenvalue weighted by Gasteiger charge is -2.32. The summed E-state index contributed by atoms with van der Waals surface area (Å²) in [6.07, 6.45) is 2.77. The third-order valence-electron chi connectivity index (χ3n) is 3.06. The van der Waals surface area contributed by atoms with E-state index in [-0.39, 0.29) is 5.54 Å². The zero-order chi connectivity index (χ0) is 9.19. The molecular formula is C10H18FN. The summed E-state index contributed by atoms with van der Waals surface area (Å²) in [5, 5.41) is 0. The summed E-state index contributed by atoms with van der Waals surface area (Å²) in [6.45, 7) is 8.35. The molecule has 1 saturated heterocycles. The molecular weight excluding hydrogens is 153 g/mol. The molecule has 0 N–H and O–H groups in total. The van der Waals surface area contributed by atoms with Crippen LogP contribution in [-0.2, 0) is 0 Å². The molecule has 0 aliphatic carbocycles. The standard InChI is InChI=1S/C10H18FN/c1-4-10(3)6-9(7-11)8-12(10)5-2/h7H,4-6,8H2,1-3H3/b9-7-. The third kappa shape index (κ3) is 1.53. The molecule has 1 unspecified atom stereocenters. The Bertz CT molecular complexity index is 188. The second-order valence-corrected chi connectivity index (χ2v) is 3.81. The van der Waals surface area contributed by atoms with Crippen LogP contribution in [0.3, 0.4) is 0 Å². The van der Waals surface area contributed by atoms with Gasteiger partial charge in [0.1, 0.15) is 0 Å². The van der Waals surface area contributed by atoms with E-state index in [1.54, 1.807) is 0 Å². The van der Waals surface area contributed by atoms with Crippen LogP contribution in [0, 0.1) is 0 Å². The molecule has 1 nitrogen and oxygen atoms in total. The van der Waals surface area contributed by atoms with Gasteiger partial charge in [0.25, 0.3) is 0 Å². The van der Waals surface area contributed by atoms with Gasteiger partial charge in [-0.15, -0.1) is 0 Å². The first-order chi connectivity index (χ1) is 5.66. The fraction of sp³-hybridized carbons (Fsp3) is 0.800. The molecule has 0 saturated carbocycles. The van der Waals surface area contributed by atoms with E-state index in [0.29, 0.717) is 0 Å². The highest BCUT2D eigenvalue weighted by Gasteiger charge is 2.36. The maximum Gasteiger partial charge on any atom is 0.0872 e. The van der Waals surface area contributed by atoms with Gasteiger partial charge in [-0.2, -0.15) is 0 Å². The minimum Gasteiger partial charge on any atom is -0.294 e. The van der Waals surface area contributed by atoms with E-state index in [4.69, 9.17) is 0 Å². The van der Waals surface area contributed by atoms with Crippen LogP contribution in [0.15, 0.2) is 11.9 Å². The number of likely N-dealkylation sites (N-methyl/N-ethyl adjacent to an activating group) is 1. The van der Waals surface area contributed by atoms with Crippen LogP contribution < -0.4 is 0 Å². The quantitative estimate of drug-likeness (QED) is 0.617. The van der Waals surface area contributed by atoms with Gasteiger partial charge in [-0.05, 0) is 31.9 Å². The fourth-order valence-corrected chi connectivity index (χ4v) is 2.01. The Kier molecular flexibility index (Phi) is 2.89. The molecule has 2 heteroatoms. The van der Waals surface area contributed by atoms with Crippen molar-refractivity contribution in [3.63, 3.8) is 0 Å². The van der Waals surface area contributed by atoms with Gasteiger partial charge in [-0.1, -0.05) is 13.8 Å². The lowest BCUT2D eigenvalue weighted by molar-refractivity contribution is 0.159. The number of nitrogens with zero attached hydrogens (tertiary/aromatic N) is 1. The summed E-state index contributed by atoms with van der Waals surface area (Å²) in [7, 11) is 0. The Balaban J connectivity index is 2.75. The summed E-state index contributed by atoms with van der Waals surface area (Å²) < 4.78 is 12.3. The normalized spacial score (nSPS) is 34.8. The number of likely N-dealkylation sites (tertiary alicyclic amines) is 1. The largest absolute Gasteiger partial charge is 0.294 e. The topological polar surface area (TPSA) is 3.24 Å². The predicted octanol–water partition coefficient (Wildman–Crippen LogP) is 2.73. The van der Waals surface area contributed by atoms with Crippen molar-refractivity contribution < 1.29 is 4.39 Å². The van der Waals surface area contributed by atoms with Crippen molar-refractivity contribution in [2.75, 3.05) is 13.1 Å². The van der Waals surface area contributed by atoms with Crippen molar-refractivity contribution in [1.82, 2.24) is 4.90 Å². The van der Waals surface area contributed by atoms with Crippen molar-refractivity contribution in [2.45, 2.75) is 39.2 Å². The molecule has 12 heavy (non-hydrogen) atoms. The van der Waals surface area contributed by atoms with Crippen molar-refractivity contribution in [3.8, 4) is 0 Å². The fourth-order valence-electron chi connectivity index (χ4n) is 2.01. The van der Waals surface area contributed by atoms with Crippen molar-refractivity contribution in [2.24, 2.45) is 0 Å². The summed E-state index contributed by atoms with van der Waals surface area (Å²) >= 11 is 0. The van der Waals surface area contributed by atoms with Gasteiger partial charge in [0.15, 0.2) is 0 Å². The minimum atomic E-state index is 0.201. The maximum atomic E-state index is 12.3. The van der Waals surface area contributed by atoms with Gasteiger partial charge < -0.3 is 0 Å². The van der Waals surface area contributed by atoms with E-state index in [1.165, 1.54) is 0 Å². The third-order valence-corrected chi connectivity index (χ3v) is 3.06. The Morgan fingerprint density at radius 3 is 2.58 bits per heavy atom. The number of hydrogen-bond acceptors (Lipinski definition) is 1. The second kappa shape index (κ2) is 3.56. The highest BCUT2D eigenvalue weighted by molar-refractivity contribution is 5.14. The van der Waals surface area contributed by atoms with Crippen LogP contribution >= 0.6 is 0 Å². The smallest absolute Gasteiger partial charge is 0.0872 e. The Morgan fingerprint density at radius 2 is 2.25 bits per heavy atom. The first-order valence-electron chi connectivity index (χ1n) is 4.69. The van der Waals surface area contributed by atoms with E-state index < -0.39 is 0 Å². The average molecular weight is 171 g/mol. The van der Waals surface area contributed by atoms with Gasteiger partial charge in [-0.25, -0.2) is 4.39 Å². The van der Waals surface area contributed by atoms with E-state index in [1.807, 2.05) is 0 Å². The predicted molar refractivity (Wildman–Crippen MR) is 49.8 cm³/mol. The first kappa shape index (κ1) is 9.72. The zero-order valence-corrected chi connectivity index (χ0v) is 8.23. The minimum absolute atomic E-state index is 0.201. The average Bonchev–Trinajstić information content (AvgIpc) is 2.43. The highest BCUT2D eigenvalue weighted by Crippen LogP contribution is 2.34. The van der Waals surface area contributed by atoms with Crippen molar-refractivity contribution >= 4 is 0 Å². The maximum absolute atomic E-state index is 12.3. The first-order valence-corrected chi connectivity index (χ1v) is 4.69. The summed E-state index contributed by atoms with van der Waals surface area (Å²) in [5.74, 6) is 0. The van der Waals surface area contributed by atoms with E-state index in [0.717, 1.165) is 37.8 Å². The number of halogens is 1. The Labute approximate surface area is 74.3 Å². The molecule has 1 fully saturated rings. The van der Waals surface area contributed by atoms with Gasteiger partial charge in [0.05, 0.1) is 6.33 Å². The van der Waals surface area contributed by atoms with Crippen LogP contribution in [0.1, 0.15) is 33.6 Å². The highest BCUT2D eigenvalue weighted by atomic mass is 19.1. The summed E-state index contributed by atoms with van der Waals surface area (Å²) in [5.41, 5.74) is 1.15. The van der Waals surface area contributed by atoms with Crippen molar-refractivity contribution in [3.05, 3.63) is 11.9 Å². The van der Waals surface area contributed by atoms with Crippen LogP contribution in [0.4, 0.5) is 4.39 Å². The van der Waals surface area contributed by atoms with Gasteiger partial charge in [0, 0.05) is 12.1 Å². The van der Waals surface area contributed by atoms with E-state index in [2.05, 4.69) is 25.7 Å². The molecule has 0 aromatic heterocycles. The Hall–Kier alpha value is -0.370. The lowest BCUT2D eigenvalue weighted by Crippen LogP contribution is -2.40. The number of rotatable bonds is 2. The molecule has 1 rings (SSSR count). The van der Waals surface area contributed by atoms with Crippen LogP contribution in [0.2, 0.25) is 0 Å². The SMILES string of the molecule is CCN1C/C(=C\F)CC1(C)CC. The van der Waals surface area contributed by atoms with Crippen LogP contribution in [-0.4, -0.2) is 23.5 Å². The molecule has 0 amide bonds. The molecule has 1 aliphatic heterocycles. The van der Waals surface area contributed by atoms with E-state index >= 15 is 0 Å². The molecule has 1 aliphatic rings.